The van der Waals surface area contributed by atoms with Crippen LogP contribution in [0.1, 0.15) is 36.9 Å². The van der Waals surface area contributed by atoms with Gasteiger partial charge in [-0.3, -0.25) is 4.79 Å². The maximum absolute atomic E-state index is 12.5. The summed E-state index contributed by atoms with van der Waals surface area (Å²) in [4.78, 5) is 30.1. The van der Waals surface area contributed by atoms with Gasteiger partial charge in [-0.1, -0.05) is 42.0 Å². The Labute approximate surface area is 168 Å². The van der Waals surface area contributed by atoms with Crippen molar-refractivity contribution in [1.29, 1.82) is 0 Å². The fraction of sp³-hybridized carbons (Fsp3) is 0.227. The Morgan fingerprint density at radius 2 is 1.71 bits per heavy atom. The molecule has 0 aliphatic carbocycles. The lowest BCUT2D eigenvalue weighted by Gasteiger charge is -2.08. The second-order valence-electron chi connectivity index (χ2n) is 6.44. The van der Waals surface area contributed by atoms with Gasteiger partial charge in [0.15, 0.2) is 0 Å². The molecule has 28 heavy (non-hydrogen) atoms. The van der Waals surface area contributed by atoms with Crippen molar-refractivity contribution in [3.05, 3.63) is 75.8 Å². The van der Waals surface area contributed by atoms with Gasteiger partial charge in [-0.25, -0.2) is 9.78 Å². The summed E-state index contributed by atoms with van der Waals surface area (Å²) < 4.78 is 4.74. The van der Waals surface area contributed by atoms with E-state index >= 15 is 0 Å². The first-order valence-electron chi connectivity index (χ1n) is 8.98. The monoisotopic (exact) mass is 394 g/mol. The molecule has 1 aromatic heterocycles. The van der Waals surface area contributed by atoms with Crippen LogP contribution in [-0.2, 0) is 11.2 Å². The van der Waals surface area contributed by atoms with E-state index < -0.39 is 5.97 Å². The molecular weight excluding hydrogens is 372 g/mol. The van der Waals surface area contributed by atoms with Crippen LogP contribution in [0.25, 0.3) is 10.6 Å². The SMILES string of the molecule is COC(=O)c1ccccc1C(=O)NCCc1sc(-c2ccc(C)cc2)nc1C. The van der Waals surface area contributed by atoms with Gasteiger partial charge in [0, 0.05) is 23.4 Å². The molecule has 0 aliphatic rings. The van der Waals surface area contributed by atoms with E-state index in [1.807, 2.05) is 6.92 Å². The molecule has 0 saturated carbocycles. The molecule has 0 bridgehead atoms. The molecule has 6 heteroatoms. The number of nitrogens with one attached hydrogen (secondary N) is 1. The van der Waals surface area contributed by atoms with Crippen LogP contribution in [0.2, 0.25) is 0 Å². The van der Waals surface area contributed by atoms with Gasteiger partial charge in [0.1, 0.15) is 5.01 Å². The largest absolute Gasteiger partial charge is 0.465 e. The van der Waals surface area contributed by atoms with Crippen LogP contribution in [0, 0.1) is 13.8 Å². The van der Waals surface area contributed by atoms with Crippen molar-refractivity contribution in [3.8, 4) is 10.6 Å². The minimum absolute atomic E-state index is 0.262. The lowest BCUT2D eigenvalue weighted by Crippen LogP contribution is -2.27. The third kappa shape index (κ3) is 4.46. The van der Waals surface area contributed by atoms with Crippen LogP contribution in [0.3, 0.4) is 0 Å². The highest BCUT2D eigenvalue weighted by Gasteiger charge is 2.17. The van der Waals surface area contributed by atoms with E-state index in [-0.39, 0.29) is 11.5 Å². The maximum atomic E-state index is 12.5. The van der Waals surface area contributed by atoms with Gasteiger partial charge in [0.2, 0.25) is 0 Å². The molecule has 144 valence electrons. The summed E-state index contributed by atoms with van der Waals surface area (Å²) in [5, 5.41) is 3.86. The number of aromatic nitrogens is 1. The van der Waals surface area contributed by atoms with Gasteiger partial charge in [-0.05, 0) is 26.0 Å². The van der Waals surface area contributed by atoms with Crippen molar-refractivity contribution in [3.63, 3.8) is 0 Å². The second kappa shape index (κ2) is 8.80. The van der Waals surface area contributed by atoms with E-state index in [2.05, 4.69) is 41.5 Å². The van der Waals surface area contributed by atoms with Crippen LogP contribution in [0.15, 0.2) is 48.5 Å². The van der Waals surface area contributed by atoms with E-state index in [9.17, 15) is 9.59 Å². The van der Waals surface area contributed by atoms with E-state index in [1.165, 1.54) is 12.7 Å². The Morgan fingerprint density at radius 1 is 1.04 bits per heavy atom. The van der Waals surface area contributed by atoms with Gasteiger partial charge in [-0.15, -0.1) is 11.3 Å². The molecule has 3 rings (SSSR count). The first-order chi connectivity index (χ1) is 13.5. The zero-order valence-electron chi connectivity index (χ0n) is 16.1. The molecule has 3 aromatic rings. The number of thiazole rings is 1. The number of benzene rings is 2. The summed E-state index contributed by atoms with van der Waals surface area (Å²) >= 11 is 1.64. The number of ether oxygens (including phenoxy) is 1. The molecule has 0 radical (unpaired) electrons. The second-order valence-corrected chi connectivity index (χ2v) is 7.52. The molecule has 0 atom stereocenters. The van der Waals surface area contributed by atoms with Gasteiger partial charge in [0.25, 0.3) is 5.91 Å². The third-order valence-corrected chi connectivity index (χ3v) is 5.67. The lowest BCUT2D eigenvalue weighted by atomic mass is 10.1. The smallest absolute Gasteiger partial charge is 0.338 e. The summed E-state index contributed by atoms with van der Waals surface area (Å²) in [6.45, 7) is 4.51. The number of aryl methyl sites for hydroxylation is 2. The molecule has 0 fully saturated rings. The molecule has 0 saturated heterocycles. The van der Waals surface area contributed by atoms with Crippen molar-refractivity contribution in [1.82, 2.24) is 10.3 Å². The van der Waals surface area contributed by atoms with Crippen LogP contribution < -0.4 is 5.32 Å². The normalized spacial score (nSPS) is 10.5. The first-order valence-corrected chi connectivity index (χ1v) is 9.80. The predicted molar refractivity (Wildman–Crippen MR) is 111 cm³/mol. The molecule has 5 nitrogen and oxygen atoms in total. The van der Waals surface area contributed by atoms with Crippen LogP contribution >= 0.6 is 11.3 Å². The highest BCUT2D eigenvalue weighted by atomic mass is 32.1. The Balaban J connectivity index is 1.65. The average molecular weight is 394 g/mol. The Bertz CT molecular complexity index is 993. The van der Waals surface area contributed by atoms with E-state index in [0.29, 0.717) is 18.5 Å². The van der Waals surface area contributed by atoms with Crippen molar-refractivity contribution < 1.29 is 14.3 Å². The molecule has 2 aromatic carbocycles. The molecule has 0 unspecified atom stereocenters. The Morgan fingerprint density at radius 3 is 2.39 bits per heavy atom. The Hall–Kier alpha value is -2.99. The summed E-state index contributed by atoms with van der Waals surface area (Å²) in [6, 6.07) is 14.9. The maximum Gasteiger partial charge on any atom is 0.338 e. The summed E-state index contributed by atoms with van der Waals surface area (Å²) in [5.41, 5.74) is 3.87. The minimum Gasteiger partial charge on any atom is -0.465 e. The number of carbonyl (C=O) groups is 2. The Kier molecular flexibility index (Phi) is 6.21. The number of nitrogens with zero attached hydrogens (tertiary/aromatic N) is 1. The molecule has 1 heterocycles. The summed E-state index contributed by atoms with van der Waals surface area (Å²) in [5.74, 6) is -0.811. The van der Waals surface area contributed by atoms with Crippen molar-refractivity contribution in [2.24, 2.45) is 0 Å². The van der Waals surface area contributed by atoms with Gasteiger partial charge < -0.3 is 10.1 Å². The van der Waals surface area contributed by atoms with E-state index in [0.717, 1.165) is 21.1 Å². The van der Waals surface area contributed by atoms with Crippen LogP contribution in [0.5, 0.6) is 0 Å². The number of carbonyl (C=O) groups excluding carboxylic acids is 2. The zero-order valence-corrected chi connectivity index (χ0v) is 16.9. The molecule has 0 aliphatic heterocycles. The topological polar surface area (TPSA) is 68.3 Å². The standard InChI is InChI=1S/C22H22N2O3S/c1-14-8-10-16(11-9-14)21-24-15(2)19(28-21)12-13-23-20(25)17-6-4-5-7-18(17)22(26)27-3/h4-11H,12-13H2,1-3H3,(H,23,25). The quantitative estimate of drug-likeness (QED) is 0.637. The average Bonchev–Trinajstić information content (AvgIpc) is 3.08. The molecule has 1 amide bonds. The van der Waals surface area contributed by atoms with E-state index in [4.69, 9.17) is 4.74 Å². The van der Waals surface area contributed by atoms with Crippen molar-refractivity contribution in [2.45, 2.75) is 20.3 Å². The number of hydrogen-bond donors (Lipinski definition) is 1. The first kappa shape index (κ1) is 19.8. The van der Waals surface area contributed by atoms with Gasteiger partial charge in [0.05, 0.1) is 23.9 Å². The summed E-state index contributed by atoms with van der Waals surface area (Å²) in [6.07, 6.45) is 0.682. The van der Waals surface area contributed by atoms with Crippen molar-refractivity contribution >= 4 is 23.2 Å². The number of methoxy groups -OCH3 is 1. The van der Waals surface area contributed by atoms with Crippen LogP contribution in [0.4, 0.5) is 0 Å². The number of amides is 1. The third-order valence-electron chi connectivity index (χ3n) is 4.41. The fourth-order valence-electron chi connectivity index (χ4n) is 2.83. The van der Waals surface area contributed by atoms with Gasteiger partial charge >= 0.3 is 5.97 Å². The molecule has 0 spiro atoms. The predicted octanol–water partition coefficient (Wildman–Crippen LogP) is 4.19. The lowest BCUT2D eigenvalue weighted by molar-refractivity contribution is 0.0596. The molecular formula is C22H22N2O3S. The van der Waals surface area contributed by atoms with E-state index in [1.54, 1.807) is 35.6 Å². The number of rotatable bonds is 6. The van der Waals surface area contributed by atoms with Crippen LogP contribution in [-0.4, -0.2) is 30.5 Å². The highest BCUT2D eigenvalue weighted by molar-refractivity contribution is 7.15. The summed E-state index contributed by atoms with van der Waals surface area (Å²) in [7, 11) is 1.30. The number of hydrogen-bond acceptors (Lipinski definition) is 5. The van der Waals surface area contributed by atoms with Crippen molar-refractivity contribution in [2.75, 3.05) is 13.7 Å². The number of esters is 1. The molecule has 1 N–H and O–H groups in total. The fourth-order valence-corrected chi connectivity index (χ4v) is 3.90. The highest BCUT2D eigenvalue weighted by Crippen LogP contribution is 2.28. The zero-order chi connectivity index (χ0) is 20.1. The minimum atomic E-state index is -0.521. The van der Waals surface area contributed by atoms with Gasteiger partial charge in [-0.2, -0.15) is 0 Å².